The summed E-state index contributed by atoms with van der Waals surface area (Å²) in [5.74, 6) is -0.429. The first-order valence-electron chi connectivity index (χ1n) is 6.14. The van der Waals surface area contributed by atoms with E-state index in [1.54, 1.807) is 19.1 Å². The number of hydrogen-bond acceptors (Lipinski definition) is 2. The zero-order chi connectivity index (χ0) is 14.9. The molecule has 2 rings (SSSR count). The van der Waals surface area contributed by atoms with Crippen molar-refractivity contribution in [2.24, 2.45) is 0 Å². The maximum Gasteiger partial charge on any atom is 0.256 e. The molecule has 1 N–H and O–H groups in total. The van der Waals surface area contributed by atoms with Crippen molar-refractivity contribution < 1.29 is 18.7 Å². The lowest BCUT2D eigenvalue weighted by atomic mass is 10.00. The first-order valence-corrected chi connectivity index (χ1v) is 6.57. The fourth-order valence-corrected chi connectivity index (χ4v) is 2.44. The molecule has 1 aliphatic rings. The van der Waals surface area contributed by atoms with Crippen LogP contribution in [-0.4, -0.2) is 34.3 Å². The summed E-state index contributed by atoms with van der Waals surface area (Å²) >= 11 is 5.84. The zero-order valence-corrected chi connectivity index (χ0v) is 11.6. The minimum Gasteiger partial charge on any atom is -0.508 e. The number of phenolic OH excluding ortho intramolecular Hbond substituents is 1. The molecule has 0 spiro atoms. The van der Waals surface area contributed by atoms with E-state index in [-0.39, 0.29) is 5.75 Å². The molecular weight excluding hydrogens is 288 g/mol. The standard InChI is InChI=1S/C14H14ClF2NO2/c1-8-6-9(19)2-3-10(8)12-5-4-11(15)14(20)18(12)7-13(16)17/h2-3,5-6,11,13,19H,4,7H2,1H3. The maximum absolute atomic E-state index is 12.7. The molecule has 1 aliphatic heterocycles. The van der Waals surface area contributed by atoms with Gasteiger partial charge < -0.3 is 10.0 Å². The number of phenols is 1. The number of allylic oxidation sites excluding steroid dienone is 1. The largest absolute Gasteiger partial charge is 0.508 e. The van der Waals surface area contributed by atoms with Gasteiger partial charge >= 0.3 is 0 Å². The zero-order valence-electron chi connectivity index (χ0n) is 10.8. The molecule has 0 fully saturated rings. The quantitative estimate of drug-likeness (QED) is 0.871. The van der Waals surface area contributed by atoms with E-state index in [9.17, 15) is 18.7 Å². The van der Waals surface area contributed by atoms with E-state index >= 15 is 0 Å². The molecule has 0 saturated heterocycles. The third kappa shape index (κ3) is 2.93. The van der Waals surface area contributed by atoms with Crippen molar-refractivity contribution in [3.63, 3.8) is 0 Å². The maximum atomic E-state index is 12.7. The Labute approximate surface area is 120 Å². The van der Waals surface area contributed by atoms with Gasteiger partial charge in [-0.3, -0.25) is 4.79 Å². The van der Waals surface area contributed by atoms with Crippen molar-refractivity contribution in [2.45, 2.75) is 25.1 Å². The third-order valence-electron chi connectivity index (χ3n) is 3.15. The van der Waals surface area contributed by atoms with Crippen LogP contribution in [0.1, 0.15) is 17.5 Å². The lowest BCUT2D eigenvalue weighted by Crippen LogP contribution is -2.41. The summed E-state index contributed by atoms with van der Waals surface area (Å²) < 4.78 is 25.3. The topological polar surface area (TPSA) is 40.5 Å². The fourth-order valence-electron chi connectivity index (χ4n) is 2.23. The van der Waals surface area contributed by atoms with Crippen LogP contribution in [-0.2, 0) is 4.79 Å². The van der Waals surface area contributed by atoms with Gasteiger partial charge in [0.2, 0.25) is 5.91 Å². The Bertz CT molecular complexity index is 560. The van der Waals surface area contributed by atoms with E-state index in [4.69, 9.17) is 11.6 Å². The second-order valence-corrected chi connectivity index (χ2v) is 5.16. The van der Waals surface area contributed by atoms with Gasteiger partial charge in [0.1, 0.15) is 11.1 Å². The molecule has 1 atom stereocenters. The number of benzene rings is 1. The van der Waals surface area contributed by atoms with E-state index in [0.717, 1.165) is 4.90 Å². The van der Waals surface area contributed by atoms with Crippen molar-refractivity contribution in [2.75, 3.05) is 6.54 Å². The minimum absolute atomic E-state index is 0.0876. The monoisotopic (exact) mass is 301 g/mol. The van der Waals surface area contributed by atoms with Crippen molar-refractivity contribution >= 4 is 23.2 Å². The average Bonchev–Trinajstić information content (AvgIpc) is 2.36. The summed E-state index contributed by atoms with van der Waals surface area (Å²) in [5, 5.41) is 8.59. The van der Waals surface area contributed by atoms with Gasteiger partial charge in [-0.05, 0) is 37.1 Å². The normalized spacial score (nSPS) is 19.4. The van der Waals surface area contributed by atoms with Crippen LogP contribution in [0.4, 0.5) is 8.78 Å². The molecule has 0 saturated carbocycles. The molecule has 6 heteroatoms. The molecule has 0 aliphatic carbocycles. The van der Waals surface area contributed by atoms with E-state index < -0.39 is 24.3 Å². The number of halogens is 3. The molecule has 0 aromatic heterocycles. The smallest absolute Gasteiger partial charge is 0.256 e. The van der Waals surface area contributed by atoms with E-state index in [1.807, 2.05) is 0 Å². The molecule has 1 aromatic rings. The van der Waals surface area contributed by atoms with Gasteiger partial charge in [0.05, 0.1) is 6.54 Å². The van der Waals surface area contributed by atoms with Gasteiger partial charge in [0.25, 0.3) is 6.43 Å². The van der Waals surface area contributed by atoms with E-state index in [1.165, 1.54) is 12.1 Å². The van der Waals surface area contributed by atoms with Gasteiger partial charge in [-0.1, -0.05) is 6.08 Å². The predicted octanol–water partition coefficient (Wildman–Crippen LogP) is 3.15. The van der Waals surface area contributed by atoms with Crippen LogP contribution in [0, 0.1) is 6.92 Å². The molecule has 108 valence electrons. The summed E-state index contributed by atoms with van der Waals surface area (Å²) in [6.07, 6.45) is -0.655. The van der Waals surface area contributed by atoms with Gasteiger partial charge in [-0.15, -0.1) is 11.6 Å². The highest BCUT2D eigenvalue weighted by Crippen LogP contribution is 2.31. The molecule has 1 amide bonds. The first kappa shape index (κ1) is 14.8. The molecule has 0 radical (unpaired) electrons. The highest BCUT2D eigenvalue weighted by molar-refractivity contribution is 6.31. The van der Waals surface area contributed by atoms with Crippen molar-refractivity contribution in [3.8, 4) is 5.75 Å². The van der Waals surface area contributed by atoms with Crippen LogP contribution < -0.4 is 0 Å². The molecule has 1 aromatic carbocycles. The van der Waals surface area contributed by atoms with Crippen LogP contribution >= 0.6 is 11.6 Å². The van der Waals surface area contributed by atoms with Crippen LogP contribution in [0.15, 0.2) is 24.3 Å². The Balaban J connectivity index is 2.43. The summed E-state index contributed by atoms with van der Waals surface area (Å²) in [7, 11) is 0. The minimum atomic E-state index is -2.64. The molecular formula is C14H14ClF2NO2. The van der Waals surface area contributed by atoms with Gasteiger partial charge in [-0.2, -0.15) is 0 Å². The summed E-state index contributed by atoms with van der Waals surface area (Å²) in [5.41, 5.74) is 1.77. The Morgan fingerprint density at radius 1 is 1.50 bits per heavy atom. The summed E-state index contributed by atoms with van der Waals surface area (Å²) in [6.45, 7) is 1.06. The summed E-state index contributed by atoms with van der Waals surface area (Å²) in [4.78, 5) is 13.0. The van der Waals surface area contributed by atoms with Crippen molar-refractivity contribution in [1.29, 1.82) is 0 Å². The second-order valence-electron chi connectivity index (χ2n) is 4.63. The number of nitrogens with zero attached hydrogens (tertiary/aromatic N) is 1. The lowest BCUT2D eigenvalue weighted by molar-refractivity contribution is -0.129. The van der Waals surface area contributed by atoms with E-state index in [0.29, 0.717) is 23.2 Å². The lowest BCUT2D eigenvalue weighted by Gasteiger charge is -2.31. The Morgan fingerprint density at radius 2 is 2.20 bits per heavy atom. The number of aromatic hydroxyl groups is 1. The predicted molar refractivity (Wildman–Crippen MR) is 72.8 cm³/mol. The number of alkyl halides is 3. The van der Waals surface area contributed by atoms with Gasteiger partial charge in [0.15, 0.2) is 0 Å². The Hall–Kier alpha value is -1.62. The van der Waals surface area contributed by atoms with Crippen LogP contribution in [0.25, 0.3) is 5.70 Å². The van der Waals surface area contributed by atoms with Crippen molar-refractivity contribution in [3.05, 3.63) is 35.4 Å². The van der Waals surface area contributed by atoms with Crippen LogP contribution in [0.2, 0.25) is 0 Å². The van der Waals surface area contributed by atoms with Crippen LogP contribution in [0.3, 0.4) is 0 Å². The molecule has 20 heavy (non-hydrogen) atoms. The molecule has 3 nitrogen and oxygen atoms in total. The number of rotatable bonds is 3. The number of carbonyl (C=O) groups excluding carboxylic acids is 1. The summed E-state index contributed by atoms with van der Waals surface area (Å²) in [6, 6.07) is 4.59. The molecule has 1 unspecified atom stereocenters. The number of hydrogen-bond donors (Lipinski definition) is 1. The van der Waals surface area contributed by atoms with E-state index in [2.05, 4.69) is 0 Å². The SMILES string of the molecule is Cc1cc(O)ccc1C1=CCC(Cl)C(=O)N1CC(F)F. The second kappa shape index (κ2) is 5.79. The Morgan fingerprint density at radius 3 is 2.80 bits per heavy atom. The number of amides is 1. The highest BCUT2D eigenvalue weighted by atomic mass is 35.5. The highest BCUT2D eigenvalue weighted by Gasteiger charge is 2.31. The van der Waals surface area contributed by atoms with Gasteiger partial charge in [0, 0.05) is 11.3 Å². The molecule has 1 heterocycles. The third-order valence-corrected chi connectivity index (χ3v) is 3.51. The van der Waals surface area contributed by atoms with Crippen molar-refractivity contribution in [1.82, 2.24) is 4.90 Å². The molecule has 0 bridgehead atoms. The first-order chi connectivity index (χ1) is 9.40. The fraction of sp³-hybridized carbons (Fsp3) is 0.357. The van der Waals surface area contributed by atoms with Crippen LogP contribution in [0.5, 0.6) is 5.75 Å². The Kier molecular flexibility index (Phi) is 4.28. The number of carbonyl (C=O) groups is 1. The van der Waals surface area contributed by atoms with Gasteiger partial charge in [-0.25, -0.2) is 8.78 Å². The average molecular weight is 302 g/mol. The number of aryl methyl sites for hydroxylation is 1.